The zero-order chi connectivity index (χ0) is 22.8. The van der Waals surface area contributed by atoms with Crippen molar-refractivity contribution in [3.05, 3.63) is 59.3 Å². The summed E-state index contributed by atoms with van der Waals surface area (Å²) in [7, 11) is 4.87. The Balaban J connectivity index is 1.80. The molecule has 2 aliphatic heterocycles. The second-order valence-corrected chi connectivity index (χ2v) is 8.30. The fourth-order valence-electron chi connectivity index (χ4n) is 4.52. The summed E-state index contributed by atoms with van der Waals surface area (Å²) in [4.78, 5) is 16.4. The quantitative estimate of drug-likeness (QED) is 0.775. The summed E-state index contributed by atoms with van der Waals surface area (Å²) < 4.78 is 24.7. The highest BCUT2D eigenvalue weighted by atomic mass is 19.1. The molecule has 7 heteroatoms. The van der Waals surface area contributed by atoms with Gasteiger partial charge in [-0.2, -0.15) is 0 Å². The van der Waals surface area contributed by atoms with Gasteiger partial charge in [-0.1, -0.05) is 12.1 Å². The highest BCUT2D eigenvalue weighted by molar-refractivity contribution is 5.87. The van der Waals surface area contributed by atoms with E-state index < -0.39 is 6.17 Å². The molecule has 2 amide bonds. The van der Waals surface area contributed by atoms with Crippen molar-refractivity contribution >= 4 is 17.3 Å². The summed E-state index contributed by atoms with van der Waals surface area (Å²) in [6, 6.07) is 11.9. The molecule has 0 saturated carbocycles. The molecular formula is C25H30FN3O3. The smallest absolute Gasteiger partial charge is 0.321 e. The van der Waals surface area contributed by atoms with Crippen LogP contribution < -0.4 is 19.7 Å². The number of carbonyl (C=O) groups excluding carboxylic acids is 1. The van der Waals surface area contributed by atoms with E-state index in [1.54, 1.807) is 26.2 Å². The van der Waals surface area contributed by atoms with Gasteiger partial charge in [0.25, 0.3) is 0 Å². The van der Waals surface area contributed by atoms with E-state index >= 15 is 0 Å². The lowest BCUT2D eigenvalue weighted by molar-refractivity contribution is 0.205. The van der Waals surface area contributed by atoms with E-state index in [9.17, 15) is 9.18 Å². The minimum atomic E-state index is -0.767. The number of urea groups is 1. The maximum atomic E-state index is 13.6. The van der Waals surface area contributed by atoms with E-state index in [1.807, 2.05) is 49.5 Å². The number of anilines is 1. The Morgan fingerprint density at radius 1 is 1.12 bits per heavy atom. The number of halogens is 1. The third-order valence-electron chi connectivity index (χ3n) is 6.28. The zero-order valence-electron chi connectivity index (χ0n) is 19.0. The Hall–Kier alpha value is -3.22. The molecule has 2 aromatic rings. The molecule has 0 aromatic heterocycles. The molecule has 1 fully saturated rings. The van der Waals surface area contributed by atoms with Crippen LogP contribution in [0.4, 0.5) is 14.9 Å². The van der Waals surface area contributed by atoms with Gasteiger partial charge in [0.05, 0.1) is 14.2 Å². The van der Waals surface area contributed by atoms with Gasteiger partial charge in [-0.3, -0.25) is 4.90 Å². The van der Waals surface area contributed by atoms with Gasteiger partial charge in [-0.15, -0.1) is 0 Å². The first-order valence-corrected chi connectivity index (χ1v) is 10.9. The third kappa shape index (κ3) is 4.11. The molecule has 6 nitrogen and oxygen atoms in total. The summed E-state index contributed by atoms with van der Waals surface area (Å²) in [5, 5.41) is 2.74. The van der Waals surface area contributed by atoms with Gasteiger partial charge in [-0.05, 0) is 60.7 Å². The predicted octanol–water partition coefficient (Wildman–Crippen LogP) is 4.23. The van der Waals surface area contributed by atoms with Crippen LogP contribution in [0, 0.1) is 0 Å². The summed E-state index contributed by atoms with van der Waals surface area (Å²) >= 11 is 0. The maximum Gasteiger partial charge on any atom is 0.321 e. The van der Waals surface area contributed by atoms with Crippen LogP contribution in [0.3, 0.4) is 0 Å². The number of nitrogens with one attached hydrogen (secondary N) is 1. The van der Waals surface area contributed by atoms with E-state index in [0.29, 0.717) is 30.9 Å². The molecular weight excluding hydrogens is 409 g/mol. The number of rotatable bonds is 4. The molecule has 2 aromatic carbocycles. The molecule has 0 aliphatic carbocycles. The molecule has 2 heterocycles. The largest absolute Gasteiger partial charge is 0.493 e. The molecule has 0 unspecified atom stereocenters. The average molecular weight is 440 g/mol. The average Bonchev–Trinajstić information content (AvgIpc) is 3.19. The van der Waals surface area contributed by atoms with E-state index in [4.69, 9.17) is 9.47 Å². The third-order valence-corrected chi connectivity index (χ3v) is 6.28. The predicted molar refractivity (Wildman–Crippen MR) is 124 cm³/mol. The lowest BCUT2D eigenvalue weighted by atomic mass is 9.92. The molecule has 170 valence electrons. The Morgan fingerprint density at radius 2 is 1.81 bits per heavy atom. The molecule has 1 N–H and O–H groups in total. The summed E-state index contributed by atoms with van der Waals surface area (Å²) in [6.45, 7) is 3.19. The molecule has 2 aliphatic rings. The number of alkyl halides is 1. The number of fused-ring (bicyclic) bond motifs is 1. The van der Waals surface area contributed by atoms with Crippen LogP contribution >= 0.6 is 0 Å². The van der Waals surface area contributed by atoms with E-state index in [1.165, 1.54) is 0 Å². The van der Waals surface area contributed by atoms with Crippen LogP contribution in [-0.2, 0) is 6.42 Å². The SMILES string of the molecule is CNC(=O)N1C=C(c2ccc(N3CC[C@H](F)C3)cc2)c2cc(OC)c(OC)cc2C[C@@H]1C. The van der Waals surface area contributed by atoms with Crippen LogP contribution in [0.15, 0.2) is 42.6 Å². The van der Waals surface area contributed by atoms with Gasteiger partial charge in [-0.25, -0.2) is 9.18 Å². The number of carbonyl (C=O) groups is 1. The molecule has 2 atom stereocenters. The minimum absolute atomic E-state index is 0.0466. The van der Waals surface area contributed by atoms with Crippen LogP contribution in [0.25, 0.3) is 5.57 Å². The van der Waals surface area contributed by atoms with Gasteiger partial charge >= 0.3 is 6.03 Å². The van der Waals surface area contributed by atoms with Crippen molar-refractivity contribution < 1.29 is 18.7 Å². The topological polar surface area (TPSA) is 54.0 Å². The monoisotopic (exact) mass is 439 g/mol. The zero-order valence-corrected chi connectivity index (χ0v) is 19.0. The normalized spacial score (nSPS) is 20.3. The standard InChI is InChI=1S/C25H30FN3O3/c1-16-11-18-12-23(31-3)24(32-4)13-21(18)22(15-29(16)25(30)27-2)17-5-7-20(8-6-17)28-10-9-19(26)14-28/h5-8,12-13,15-16,19H,9-11,14H2,1-4H3,(H,27,30)/t16-,19-/m0/s1. The van der Waals surface area contributed by atoms with Crippen molar-refractivity contribution in [2.75, 3.05) is 39.3 Å². The van der Waals surface area contributed by atoms with Crippen molar-refractivity contribution in [1.29, 1.82) is 0 Å². The van der Waals surface area contributed by atoms with Crippen LogP contribution in [0.1, 0.15) is 30.0 Å². The second-order valence-electron chi connectivity index (χ2n) is 8.30. The molecule has 0 radical (unpaired) electrons. The number of methoxy groups -OCH3 is 2. The second kappa shape index (κ2) is 9.10. The number of nitrogens with zero attached hydrogens (tertiary/aromatic N) is 2. The molecule has 1 saturated heterocycles. The Bertz CT molecular complexity index is 1020. The van der Waals surface area contributed by atoms with Crippen molar-refractivity contribution in [3.8, 4) is 11.5 Å². The molecule has 0 spiro atoms. The Labute approximate surface area is 188 Å². The Kier molecular flexibility index (Phi) is 6.26. The van der Waals surface area contributed by atoms with E-state index in [0.717, 1.165) is 34.5 Å². The number of hydrogen-bond donors (Lipinski definition) is 1. The number of benzene rings is 2. The first-order chi connectivity index (χ1) is 15.4. The van der Waals surface area contributed by atoms with Gasteiger partial charge in [0.1, 0.15) is 6.17 Å². The summed E-state index contributed by atoms with van der Waals surface area (Å²) in [6.07, 6.45) is 2.38. The van der Waals surface area contributed by atoms with Gasteiger partial charge in [0.2, 0.25) is 0 Å². The first kappa shape index (κ1) is 22.0. The number of hydrogen-bond acceptors (Lipinski definition) is 4. The van der Waals surface area contributed by atoms with Crippen LogP contribution in [0.2, 0.25) is 0 Å². The molecule has 4 rings (SSSR count). The highest BCUT2D eigenvalue weighted by Crippen LogP contribution is 2.39. The van der Waals surface area contributed by atoms with Crippen molar-refractivity contribution in [1.82, 2.24) is 10.2 Å². The minimum Gasteiger partial charge on any atom is -0.493 e. The number of amides is 2. The van der Waals surface area contributed by atoms with Crippen molar-refractivity contribution in [3.63, 3.8) is 0 Å². The van der Waals surface area contributed by atoms with Gasteiger partial charge in [0.15, 0.2) is 11.5 Å². The fraction of sp³-hybridized carbons (Fsp3) is 0.400. The maximum absolute atomic E-state index is 13.6. The van der Waals surface area contributed by atoms with E-state index in [-0.39, 0.29) is 12.1 Å². The molecule has 32 heavy (non-hydrogen) atoms. The first-order valence-electron chi connectivity index (χ1n) is 10.9. The van der Waals surface area contributed by atoms with Gasteiger partial charge in [0, 0.05) is 43.6 Å². The number of ether oxygens (including phenoxy) is 2. The lowest BCUT2D eigenvalue weighted by Crippen LogP contribution is -2.40. The van der Waals surface area contributed by atoms with Crippen molar-refractivity contribution in [2.24, 2.45) is 0 Å². The summed E-state index contributed by atoms with van der Waals surface area (Å²) in [5.41, 5.74) is 4.98. The van der Waals surface area contributed by atoms with E-state index in [2.05, 4.69) is 10.2 Å². The van der Waals surface area contributed by atoms with Crippen LogP contribution in [0.5, 0.6) is 11.5 Å². The lowest BCUT2D eigenvalue weighted by Gasteiger charge is -2.24. The Morgan fingerprint density at radius 3 is 2.41 bits per heavy atom. The fourth-order valence-corrected chi connectivity index (χ4v) is 4.52. The van der Waals surface area contributed by atoms with Crippen LogP contribution in [-0.4, -0.2) is 57.5 Å². The molecule has 0 bridgehead atoms. The summed E-state index contributed by atoms with van der Waals surface area (Å²) in [5.74, 6) is 1.30. The highest BCUT2D eigenvalue weighted by Gasteiger charge is 2.27. The van der Waals surface area contributed by atoms with Crippen molar-refractivity contribution in [2.45, 2.75) is 32.0 Å². The van der Waals surface area contributed by atoms with Gasteiger partial charge < -0.3 is 19.7 Å².